The predicted molar refractivity (Wildman–Crippen MR) is 130 cm³/mol. The molecule has 35 heavy (non-hydrogen) atoms. The van der Waals surface area contributed by atoms with E-state index in [0.717, 1.165) is 56.9 Å². The summed E-state index contributed by atoms with van der Waals surface area (Å²) in [6, 6.07) is 8.69. The second kappa shape index (κ2) is 11.0. The van der Waals surface area contributed by atoms with Gasteiger partial charge in [-0.3, -0.25) is 9.59 Å². The van der Waals surface area contributed by atoms with Crippen LogP contribution in [0.1, 0.15) is 63.4 Å². The number of ether oxygens (including phenoxy) is 1. The molecule has 2 unspecified atom stereocenters. The summed E-state index contributed by atoms with van der Waals surface area (Å²) in [6.07, 6.45) is 6.92. The lowest BCUT2D eigenvalue weighted by Crippen LogP contribution is -2.70. The zero-order chi connectivity index (χ0) is 24.9. The van der Waals surface area contributed by atoms with E-state index in [2.05, 4.69) is 16.0 Å². The molecule has 4 aliphatic rings. The predicted octanol–water partition coefficient (Wildman–Crippen LogP) is 2.29. The Morgan fingerprint density at radius 2 is 1.74 bits per heavy atom. The average molecular weight is 487 g/mol. The number of nitrogens with two attached hydrogens (primary N) is 1. The minimum absolute atomic E-state index is 0.0695. The molecular formula is C26H38N4O5. The van der Waals surface area contributed by atoms with E-state index in [4.69, 9.17) is 10.5 Å². The van der Waals surface area contributed by atoms with Crippen molar-refractivity contribution in [2.45, 2.75) is 81.5 Å². The van der Waals surface area contributed by atoms with E-state index in [-0.39, 0.29) is 30.1 Å². The second-order valence-corrected chi connectivity index (χ2v) is 10.8. The Labute approximate surface area is 206 Å². The van der Waals surface area contributed by atoms with Gasteiger partial charge < -0.3 is 31.5 Å². The first kappa shape index (κ1) is 25.4. The highest BCUT2D eigenvalue weighted by Gasteiger charge is 2.58. The Morgan fingerprint density at radius 1 is 1.06 bits per heavy atom. The van der Waals surface area contributed by atoms with E-state index in [9.17, 15) is 19.5 Å². The normalized spacial score (nSPS) is 29.4. The molecule has 0 saturated heterocycles. The molecule has 4 fully saturated rings. The van der Waals surface area contributed by atoms with Crippen molar-refractivity contribution in [3.05, 3.63) is 35.9 Å². The molecule has 0 spiro atoms. The van der Waals surface area contributed by atoms with E-state index in [0.29, 0.717) is 24.8 Å². The van der Waals surface area contributed by atoms with Gasteiger partial charge in [-0.2, -0.15) is 0 Å². The lowest BCUT2D eigenvalue weighted by atomic mass is 9.50. The van der Waals surface area contributed by atoms with Crippen LogP contribution in [-0.4, -0.2) is 53.3 Å². The summed E-state index contributed by atoms with van der Waals surface area (Å²) < 4.78 is 5.36. The number of carbonyl (C=O) groups excluding carboxylic acids is 2. The average Bonchev–Trinajstić information content (AvgIpc) is 2.80. The van der Waals surface area contributed by atoms with Gasteiger partial charge in [-0.15, -0.1) is 0 Å². The van der Waals surface area contributed by atoms with Crippen LogP contribution >= 0.6 is 0 Å². The van der Waals surface area contributed by atoms with Gasteiger partial charge in [-0.05, 0) is 81.7 Å². The zero-order valence-corrected chi connectivity index (χ0v) is 20.3. The fraction of sp³-hybridized carbons (Fsp3) is 0.654. The third-order valence-corrected chi connectivity index (χ3v) is 7.83. The smallest absolute Gasteiger partial charge is 0.408 e. The van der Waals surface area contributed by atoms with Crippen LogP contribution < -0.4 is 21.7 Å². The molecule has 1 aromatic carbocycles. The number of hydrogen-bond acceptors (Lipinski definition) is 6. The van der Waals surface area contributed by atoms with E-state index in [1.54, 1.807) is 0 Å². The lowest BCUT2D eigenvalue weighted by Gasteiger charge is -2.62. The van der Waals surface area contributed by atoms with E-state index in [1.165, 1.54) is 0 Å². The maximum absolute atomic E-state index is 13.5. The fourth-order valence-corrected chi connectivity index (χ4v) is 6.90. The molecule has 0 aromatic heterocycles. The van der Waals surface area contributed by atoms with Crippen molar-refractivity contribution in [1.82, 2.24) is 16.0 Å². The molecule has 0 heterocycles. The SMILES string of the molecule is NCCCC[C@H](NC(=O)OCc1ccccc1)C(=O)NC12C[C@@H]3C[C@@H](CC(NCC(=O)O)(C3)C1)C2. The van der Waals surface area contributed by atoms with E-state index < -0.39 is 18.1 Å². The van der Waals surface area contributed by atoms with Crippen molar-refractivity contribution >= 4 is 18.0 Å². The highest BCUT2D eigenvalue weighted by molar-refractivity contribution is 5.86. The summed E-state index contributed by atoms with van der Waals surface area (Å²) in [4.78, 5) is 37.2. The summed E-state index contributed by atoms with van der Waals surface area (Å²) in [6.45, 7) is 0.590. The molecule has 0 radical (unpaired) electrons. The van der Waals surface area contributed by atoms with Crippen molar-refractivity contribution in [2.24, 2.45) is 17.6 Å². The number of hydrogen-bond donors (Lipinski definition) is 5. The first-order valence-electron chi connectivity index (χ1n) is 12.8. The minimum atomic E-state index is -0.864. The van der Waals surface area contributed by atoms with Gasteiger partial charge in [0.05, 0.1) is 6.54 Å². The van der Waals surface area contributed by atoms with Crippen LogP contribution in [0.4, 0.5) is 4.79 Å². The van der Waals surface area contributed by atoms with Gasteiger partial charge in [0.25, 0.3) is 0 Å². The van der Waals surface area contributed by atoms with Gasteiger partial charge in [0, 0.05) is 11.1 Å². The number of alkyl carbamates (subject to hydrolysis) is 1. The van der Waals surface area contributed by atoms with Gasteiger partial charge in [0.1, 0.15) is 12.6 Å². The van der Waals surface area contributed by atoms with Crippen molar-refractivity contribution < 1.29 is 24.2 Å². The minimum Gasteiger partial charge on any atom is -0.480 e. The van der Waals surface area contributed by atoms with Crippen LogP contribution in [0.3, 0.4) is 0 Å². The third kappa shape index (κ3) is 6.52. The van der Waals surface area contributed by atoms with Crippen LogP contribution in [0.15, 0.2) is 30.3 Å². The summed E-state index contributed by atoms with van der Waals surface area (Å²) in [5, 5.41) is 18.6. The number of nitrogens with one attached hydrogen (secondary N) is 3. The number of benzene rings is 1. The summed E-state index contributed by atoms with van der Waals surface area (Å²) in [5.41, 5.74) is 5.91. The van der Waals surface area contributed by atoms with E-state index >= 15 is 0 Å². The van der Waals surface area contributed by atoms with Gasteiger partial charge in [0.15, 0.2) is 0 Å². The molecule has 0 aliphatic heterocycles. The molecular weight excluding hydrogens is 448 g/mol. The quantitative estimate of drug-likeness (QED) is 0.285. The topological polar surface area (TPSA) is 143 Å². The molecule has 192 valence electrons. The zero-order valence-electron chi connectivity index (χ0n) is 20.3. The number of amides is 2. The third-order valence-electron chi connectivity index (χ3n) is 7.83. The first-order chi connectivity index (χ1) is 16.8. The molecule has 4 aliphatic carbocycles. The molecule has 1 aromatic rings. The monoisotopic (exact) mass is 486 g/mol. The Kier molecular flexibility index (Phi) is 7.96. The molecule has 9 heteroatoms. The second-order valence-electron chi connectivity index (χ2n) is 10.8. The van der Waals surface area contributed by atoms with Crippen LogP contribution in [0, 0.1) is 11.8 Å². The van der Waals surface area contributed by atoms with Crippen molar-refractivity contribution in [3.8, 4) is 0 Å². The van der Waals surface area contributed by atoms with Crippen molar-refractivity contribution in [1.29, 1.82) is 0 Å². The van der Waals surface area contributed by atoms with Gasteiger partial charge in [0.2, 0.25) is 5.91 Å². The molecule has 5 rings (SSSR count). The molecule has 4 bridgehead atoms. The number of carboxylic acids is 1. The number of carboxylic acid groups (broad SMARTS) is 1. The first-order valence-corrected chi connectivity index (χ1v) is 12.8. The van der Waals surface area contributed by atoms with E-state index in [1.807, 2.05) is 30.3 Å². The summed E-state index contributed by atoms with van der Waals surface area (Å²) in [5.74, 6) is -0.124. The highest BCUT2D eigenvalue weighted by atomic mass is 16.5. The molecule has 6 N–H and O–H groups in total. The number of rotatable bonds is 12. The van der Waals surface area contributed by atoms with Crippen LogP contribution in [0.2, 0.25) is 0 Å². The van der Waals surface area contributed by atoms with Crippen LogP contribution in [-0.2, 0) is 20.9 Å². The Hall–Kier alpha value is -2.65. The molecule has 9 nitrogen and oxygen atoms in total. The Morgan fingerprint density at radius 3 is 2.40 bits per heavy atom. The molecule has 5 atom stereocenters. The largest absolute Gasteiger partial charge is 0.480 e. The summed E-state index contributed by atoms with van der Waals surface area (Å²) in [7, 11) is 0. The summed E-state index contributed by atoms with van der Waals surface area (Å²) >= 11 is 0. The molecule has 2 amide bonds. The standard InChI is InChI=1S/C26H38N4O5/c27-9-5-4-8-21(29-24(34)35-16-18-6-2-1-3-7-18)23(33)30-26-13-19-10-20(14-26)12-25(11-19,17-26)28-15-22(31)32/h1-3,6-7,19-21,28H,4-5,8-17,27H2,(H,29,34)(H,30,33)(H,31,32)/t19-,20+,21-,25?,26?/m0/s1. The highest BCUT2D eigenvalue weighted by Crippen LogP contribution is 2.57. The Bertz CT molecular complexity index is 894. The maximum atomic E-state index is 13.5. The number of unbranched alkanes of at least 4 members (excludes halogenated alkanes) is 1. The van der Waals surface area contributed by atoms with Crippen molar-refractivity contribution in [2.75, 3.05) is 13.1 Å². The van der Waals surface area contributed by atoms with Crippen molar-refractivity contribution in [3.63, 3.8) is 0 Å². The Balaban J connectivity index is 1.40. The lowest BCUT2D eigenvalue weighted by molar-refractivity contribution is -0.139. The molecule has 4 saturated carbocycles. The maximum Gasteiger partial charge on any atom is 0.408 e. The number of carbonyl (C=O) groups is 3. The van der Waals surface area contributed by atoms with Crippen LogP contribution in [0.5, 0.6) is 0 Å². The van der Waals surface area contributed by atoms with Gasteiger partial charge in [-0.1, -0.05) is 30.3 Å². The van der Waals surface area contributed by atoms with Gasteiger partial charge >= 0.3 is 12.1 Å². The fourth-order valence-electron chi connectivity index (χ4n) is 6.90. The number of aliphatic carboxylic acids is 1. The van der Waals surface area contributed by atoms with Gasteiger partial charge in [-0.25, -0.2) is 4.79 Å². The van der Waals surface area contributed by atoms with Crippen LogP contribution in [0.25, 0.3) is 0 Å².